The van der Waals surface area contributed by atoms with E-state index in [0.717, 1.165) is 29.7 Å². The highest BCUT2D eigenvalue weighted by Crippen LogP contribution is 2.19. The number of amides is 1. The van der Waals surface area contributed by atoms with Crippen LogP contribution in [0.2, 0.25) is 0 Å². The SMILES string of the molecule is Cc1cccc(NC(=O)/C(C#N)=C\NC2CCCC2)c1C. The normalized spacial score (nSPS) is 15.6. The first kappa shape index (κ1) is 15.1. The molecule has 1 aliphatic carbocycles. The van der Waals surface area contributed by atoms with Gasteiger partial charge in [0.2, 0.25) is 0 Å². The molecule has 1 aromatic rings. The van der Waals surface area contributed by atoms with Gasteiger partial charge in [0.05, 0.1) is 0 Å². The molecule has 0 saturated heterocycles. The maximum atomic E-state index is 12.2. The first-order valence-electron chi connectivity index (χ1n) is 7.35. The summed E-state index contributed by atoms with van der Waals surface area (Å²) in [6.07, 6.45) is 6.18. The Balaban J connectivity index is 2.04. The zero-order valence-electron chi connectivity index (χ0n) is 12.6. The van der Waals surface area contributed by atoms with Gasteiger partial charge in [0.25, 0.3) is 5.91 Å². The molecular weight excluding hydrogens is 262 g/mol. The van der Waals surface area contributed by atoms with Crippen molar-refractivity contribution < 1.29 is 4.79 Å². The van der Waals surface area contributed by atoms with Crippen molar-refractivity contribution in [3.05, 3.63) is 41.1 Å². The number of anilines is 1. The Kier molecular flexibility index (Phi) is 4.99. The summed E-state index contributed by atoms with van der Waals surface area (Å²) >= 11 is 0. The third-order valence-electron chi connectivity index (χ3n) is 4.04. The molecule has 0 unspecified atom stereocenters. The number of nitriles is 1. The predicted molar refractivity (Wildman–Crippen MR) is 83.6 cm³/mol. The van der Waals surface area contributed by atoms with Gasteiger partial charge in [0.1, 0.15) is 11.6 Å². The lowest BCUT2D eigenvalue weighted by molar-refractivity contribution is -0.112. The van der Waals surface area contributed by atoms with Gasteiger partial charge in [-0.2, -0.15) is 5.26 Å². The summed E-state index contributed by atoms with van der Waals surface area (Å²) in [6, 6.07) is 8.09. The van der Waals surface area contributed by atoms with Gasteiger partial charge in [0.15, 0.2) is 0 Å². The molecule has 110 valence electrons. The third-order valence-corrected chi connectivity index (χ3v) is 4.04. The van der Waals surface area contributed by atoms with Crippen molar-refractivity contribution in [3.63, 3.8) is 0 Å². The summed E-state index contributed by atoms with van der Waals surface area (Å²) in [4.78, 5) is 12.2. The van der Waals surface area contributed by atoms with Crippen LogP contribution < -0.4 is 10.6 Å². The molecule has 0 atom stereocenters. The number of hydrogen-bond acceptors (Lipinski definition) is 3. The summed E-state index contributed by atoms with van der Waals surface area (Å²) in [7, 11) is 0. The van der Waals surface area contributed by atoms with Crippen molar-refractivity contribution >= 4 is 11.6 Å². The fourth-order valence-electron chi connectivity index (χ4n) is 2.52. The minimum Gasteiger partial charge on any atom is -0.387 e. The number of carbonyl (C=O) groups is 1. The number of aryl methyl sites for hydroxylation is 1. The fraction of sp³-hybridized carbons (Fsp3) is 0.412. The van der Waals surface area contributed by atoms with E-state index in [1.807, 2.05) is 38.1 Å². The lowest BCUT2D eigenvalue weighted by Gasteiger charge is -2.11. The van der Waals surface area contributed by atoms with E-state index in [4.69, 9.17) is 5.26 Å². The van der Waals surface area contributed by atoms with Crippen LogP contribution in [-0.4, -0.2) is 11.9 Å². The van der Waals surface area contributed by atoms with Crippen molar-refractivity contribution in [2.45, 2.75) is 45.6 Å². The first-order chi connectivity index (χ1) is 10.1. The Morgan fingerprint density at radius 1 is 1.33 bits per heavy atom. The predicted octanol–water partition coefficient (Wildman–Crippen LogP) is 3.18. The van der Waals surface area contributed by atoms with Crippen LogP contribution in [0.4, 0.5) is 5.69 Å². The zero-order chi connectivity index (χ0) is 15.2. The largest absolute Gasteiger partial charge is 0.387 e. The summed E-state index contributed by atoms with van der Waals surface area (Å²) in [5.41, 5.74) is 3.00. The lowest BCUT2D eigenvalue weighted by Crippen LogP contribution is -2.23. The van der Waals surface area contributed by atoms with E-state index in [1.165, 1.54) is 12.8 Å². The molecule has 1 aliphatic rings. The standard InChI is InChI=1S/C17H21N3O/c1-12-6-5-9-16(13(12)2)20-17(21)14(10-18)11-19-15-7-3-4-8-15/h5-6,9,11,15,19H,3-4,7-8H2,1-2H3,(H,20,21)/b14-11-. The average Bonchev–Trinajstić information content (AvgIpc) is 2.98. The van der Waals surface area contributed by atoms with Gasteiger partial charge in [0, 0.05) is 17.9 Å². The van der Waals surface area contributed by atoms with Crippen LogP contribution in [0.3, 0.4) is 0 Å². The van der Waals surface area contributed by atoms with Gasteiger partial charge in [-0.15, -0.1) is 0 Å². The van der Waals surface area contributed by atoms with Crippen molar-refractivity contribution in [3.8, 4) is 6.07 Å². The van der Waals surface area contributed by atoms with Crippen LogP contribution in [0.25, 0.3) is 0 Å². The van der Waals surface area contributed by atoms with Crippen LogP contribution in [0.15, 0.2) is 30.0 Å². The molecule has 2 N–H and O–H groups in total. The number of carbonyl (C=O) groups excluding carboxylic acids is 1. The summed E-state index contributed by atoms with van der Waals surface area (Å²) in [5.74, 6) is -0.364. The Labute approximate surface area is 125 Å². The Morgan fingerprint density at radius 3 is 2.71 bits per heavy atom. The molecule has 1 aromatic carbocycles. The third kappa shape index (κ3) is 3.85. The highest BCUT2D eigenvalue weighted by molar-refractivity contribution is 6.06. The maximum absolute atomic E-state index is 12.2. The maximum Gasteiger partial charge on any atom is 0.267 e. The van der Waals surface area contributed by atoms with Crippen LogP contribution in [0, 0.1) is 25.2 Å². The number of hydrogen-bond donors (Lipinski definition) is 2. The minimum atomic E-state index is -0.364. The molecule has 2 rings (SSSR count). The van der Waals surface area contributed by atoms with E-state index in [9.17, 15) is 4.79 Å². The second kappa shape index (κ2) is 6.94. The van der Waals surface area contributed by atoms with Crippen molar-refractivity contribution in [1.82, 2.24) is 5.32 Å². The van der Waals surface area contributed by atoms with Gasteiger partial charge >= 0.3 is 0 Å². The van der Waals surface area contributed by atoms with Crippen molar-refractivity contribution in [1.29, 1.82) is 5.26 Å². The highest BCUT2D eigenvalue weighted by atomic mass is 16.1. The molecule has 4 nitrogen and oxygen atoms in total. The molecule has 1 amide bonds. The summed E-state index contributed by atoms with van der Waals surface area (Å²) < 4.78 is 0. The molecule has 1 saturated carbocycles. The van der Waals surface area contributed by atoms with Gasteiger partial charge in [-0.1, -0.05) is 25.0 Å². The molecule has 0 spiro atoms. The second-order valence-corrected chi connectivity index (χ2v) is 5.52. The monoisotopic (exact) mass is 283 g/mol. The van der Waals surface area contributed by atoms with E-state index in [2.05, 4.69) is 10.6 Å². The van der Waals surface area contributed by atoms with Crippen molar-refractivity contribution in [2.24, 2.45) is 0 Å². The number of rotatable bonds is 4. The van der Waals surface area contributed by atoms with Gasteiger partial charge in [-0.25, -0.2) is 0 Å². The number of nitrogens with one attached hydrogen (secondary N) is 2. The van der Waals surface area contributed by atoms with E-state index < -0.39 is 0 Å². The van der Waals surface area contributed by atoms with Gasteiger partial charge in [-0.3, -0.25) is 4.79 Å². The first-order valence-corrected chi connectivity index (χ1v) is 7.35. The topological polar surface area (TPSA) is 64.9 Å². The molecule has 0 radical (unpaired) electrons. The van der Waals surface area contributed by atoms with E-state index >= 15 is 0 Å². The Morgan fingerprint density at radius 2 is 2.05 bits per heavy atom. The summed E-state index contributed by atoms with van der Waals surface area (Å²) in [5, 5.41) is 15.1. The summed E-state index contributed by atoms with van der Waals surface area (Å²) in [6.45, 7) is 3.95. The molecule has 21 heavy (non-hydrogen) atoms. The molecule has 4 heteroatoms. The smallest absolute Gasteiger partial charge is 0.267 e. The molecule has 0 aromatic heterocycles. The van der Waals surface area contributed by atoms with Crippen LogP contribution in [0.5, 0.6) is 0 Å². The second-order valence-electron chi connectivity index (χ2n) is 5.52. The average molecular weight is 283 g/mol. The fourth-order valence-corrected chi connectivity index (χ4v) is 2.52. The molecular formula is C17H21N3O. The van der Waals surface area contributed by atoms with E-state index in [0.29, 0.717) is 6.04 Å². The van der Waals surface area contributed by atoms with E-state index in [-0.39, 0.29) is 11.5 Å². The van der Waals surface area contributed by atoms with E-state index in [1.54, 1.807) is 6.20 Å². The molecule has 0 bridgehead atoms. The lowest BCUT2D eigenvalue weighted by atomic mass is 10.1. The zero-order valence-corrected chi connectivity index (χ0v) is 12.6. The minimum absolute atomic E-state index is 0.114. The van der Waals surface area contributed by atoms with Gasteiger partial charge in [-0.05, 0) is 43.9 Å². The van der Waals surface area contributed by atoms with Crippen LogP contribution in [0.1, 0.15) is 36.8 Å². The molecule has 1 fully saturated rings. The molecule has 0 heterocycles. The Hall–Kier alpha value is -2.28. The van der Waals surface area contributed by atoms with Gasteiger partial charge < -0.3 is 10.6 Å². The van der Waals surface area contributed by atoms with Crippen LogP contribution in [-0.2, 0) is 4.79 Å². The Bertz CT molecular complexity index is 593. The highest BCUT2D eigenvalue weighted by Gasteiger charge is 2.15. The quantitative estimate of drug-likeness (QED) is 0.659. The molecule has 0 aliphatic heterocycles. The van der Waals surface area contributed by atoms with Crippen molar-refractivity contribution in [2.75, 3.05) is 5.32 Å². The van der Waals surface area contributed by atoms with Crippen LogP contribution >= 0.6 is 0 Å². The number of benzene rings is 1. The number of nitrogens with zero attached hydrogens (tertiary/aromatic N) is 1.